The fourth-order valence-electron chi connectivity index (χ4n) is 1.51. The summed E-state index contributed by atoms with van der Waals surface area (Å²) < 4.78 is 0. The highest BCUT2D eigenvalue weighted by Gasteiger charge is 2.21. The van der Waals surface area contributed by atoms with Crippen molar-refractivity contribution in [2.24, 2.45) is 10.9 Å². The topological polar surface area (TPSA) is 29.4 Å². The van der Waals surface area contributed by atoms with Crippen molar-refractivity contribution in [2.75, 3.05) is 0 Å². The van der Waals surface area contributed by atoms with Crippen molar-refractivity contribution >= 4 is 11.6 Å². The molecule has 1 aliphatic carbocycles. The SMILES string of the molecule is CC1=NC(=O)C2=C1C=CC(C)C=C2. The Balaban J connectivity index is 2.50. The molecule has 0 spiro atoms. The van der Waals surface area contributed by atoms with Crippen LogP contribution in [0.3, 0.4) is 0 Å². The summed E-state index contributed by atoms with van der Waals surface area (Å²) in [7, 11) is 0. The zero-order chi connectivity index (χ0) is 9.42. The van der Waals surface area contributed by atoms with Gasteiger partial charge in [-0.15, -0.1) is 0 Å². The lowest BCUT2D eigenvalue weighted by molar-refractivity contribution is -0.113. The number of rotatable bonds is 0. The first-order valence-corrected chi connectivity index (χ1v) is 4.39. The number of carbonyl (C=O) groups is 1. The minimum absolute atomic E-state index is 0.109. The first-order valence-electron chi connectivity index (χ1n) is 4.39. The maximum atomic E-state index is 11.3. The number of carbonyl (C=O) groups excluding carboxylic acids is 1. The van der Waals surface area contributed by atoms with Gasteiger partial charge in [0.2, 0.25) is 0 Å². The van der Waals surface area contributed by atoms with E-state index in [9.17, 15) is 4.79 Å². The highest BCUT2D eigenvalue weighted by molar-refractivity contribution is 6.21. The van der Waals surface area contributed by atoms with Crippen LogP contribution in [0.5, 0.6) is 0 Å². The molecule has 0 bridgehead atoms. The summed E-state index contributed by atoms with van der Waals surface area (Å²) in [5.41, 5.74) is 2.54. The van der Waals surface area contributed by atoms with Crippen molar-refractivity contribution in [1.82, 2.24) is 0 Å². The maximum Gasteiger partial charge on any atom is 0.277 e. The van der Waals surface area contributed by atoms with Crippen LogP contribution in [-0.2, 0) is 4.79 Å². The number of amides is 1. The normalized spacial score (nSPS) is 26.2. The lowest BCUT2D eigenvalue weighted by atomic mass is 10.1. The summed E-state index contributed by atoms with van der Waals surface area (Å²) in [5, 5.41) is 0. The molecule has 1 heterocycles. The molecule has 1 amide bonds. The average Bonchev–Trinajstić information content (AvgIpc) is 2.27. The molecule has 1 atom stereocenters. The molecule has 2 rings (SSSR count). The molecule has 2 aliphatic rings. The second-order valence-corrected chi connectivity index (χ2v) is 3.41. The second kappa shape index (κ2) is 2.80. The zero-order valence-electron chi connectivity index (χ0n) is 7.74. The van der Waals surface area contributed by atoms with Gasteiger partial charge >= 0.3 is 0 Å². The second-order valence-electron chi connectivity index (χ2n) is 3.41. The summed E-state index contributed by atoms with van der Waals surface area (Å²) in [5.74, 6) is 0.286. The van der Waals surface area contributed by atoms with E-state index in [0.717, 1.165) is 16.9 Å². The van der Waals surface area contributed by atoms with Crippen LogP contribution in [-0.4, -0.2) is 11.6 Å². The van der Waals surface area contributed by atoms with Gasteiger partial charge < -0.3 is 0 Å². The Labute approximate surface area is 77.4 Å². The molecule has 2 heteroatoms. The number of hydrogen-bond donors (Lipinski definition) is 0. The van der Waals surface area contributed by atoms with Gasteiger partial charge in [0, 0.05) is 11.3 Å². The number of aliphatic imine (C=N–C) groups is 1. The Morgan fingerprint density at radius 3 is 2.54 bits per heavy atom. The smallest absolute Gasteiger partial charge is 0.267 e. The van der Waals surface area contributed by atoms with Gasteiger partial charge in [-0.2, -0.15) is 0 Å². The Morgan fingerprint density at radius 2 is 1.85 bits per heavy atom. The molecule has 0 fully saturated rings. The molecular formula is C11H11NO. The maximum absolute atomic E-state index is 11.3. The summed E-state index contributed by atoms with van der Waals surface area (Å²) in [6.07, 6.45) is 7.97. The van der Waals surface area contributed by atoms with E-state index in [1.165, 1.54) is 0 Å². The lowest BCUT2D eigenvalue weighted by Gasteiger charge is -1.94. The van der Waals surface area contributed by atoms with Gasteiger partial charge in [0.05, 0.1) is 5.57 Å². The van der Waals surface area contributed by atoms with Crippen molar-refractivity contribution in [3.8, 4) is 0 Å². The fraction of sp³-hybridized carbons (Fsp3) is 0.273. The number of nitrogens with zero attached hydrogens (tertiary/aromatic N) is 1. The minimum Gasteiger partial charge on any atom is -0.267 e. The minimum atomic E-state index is -0.109. The quantitative estimate of drug-likeness (QED) is 0.551. The molecule has 13 heavy (non-hydrogen) atoms. The summed E-state index contributed by atoms with van der Waals surface area (Å²) in [6, 6.07) is 0. The third kappa shape index (κ3) is 1.28. The molecule has 66 valence electrons. The predicted octanol–water partition coefficient (Wildman–Crippen LogP) is 2.05. The first kappa shape index (κ1) is 8.17. The van der Waals surface area contributed by atoms with E-state index in [-0.39, 0.29) is 5.91 Å². The molecule has 1 aliphatic heterocycles. The molecule has 0 saturated carbocycles. The highest BCUT2D eigenvalue weighted by Crippen LogP contribution is 2.23. The van der Waals surface area contributed by atoms with E-state index >= 15 is 0 Å². The number of allylic oxidation sites excluding steroid dienone is 4. The molecule has 0 saturated heterocycles. The summed E-state index contributed by atoms with van der Waals surface area (Å²) in [6.45, 7) is 3.96. The Bertz CT molecular complexity index is 383. The molecule has 0 aromatic rings. The third-order valence-electron chi connectivity index (χ3n) is 2.31. The summed E-state index contributed by atoms with van der Waals surface area (Å²) in [4.78, 5) is 15.2. The van der Waals surface area contributed by atoms with Gasteiger partial charge in [0.1, 0.15) is 0 Å². The molecule has 0 radical (unpaired) electrons. The number of hydrogen-bond acceptors (Lipinski definition) is 1. The molecule has 2 nitrogen and oxygen atoms in total. The molecular weight excluding hydrogens is 162 g/mol. The lowest BCUT2D eigenvalue weighted by Crippen LogP contribution is -1.91. The van der Waals surface area contributed by atoms with Crippen LogP contribution in [0.15, 0.2) is 40.4 Å². The van der Waals surface area contributed by atoms with Gasteiger partial charge in [0.15, 0.2) is 0 Å². The molecule has 1 unspecified atom stereocenters. The molecule has 0 N–H and O–H groups in total. The van der Waals surface area contributed by atoms with Gasteiger partial charge in [-0.1, -0.05) is 31.2 Å². The van der Waals surface area contributed by atoms with Crippen molar-refractivity contribution < 1.29 is 4.79 Å². The average molecular weight is 173 g/mol. The van der Waals surface area contributed by atoms with Crippen molar-refractivity contribution in [3.63, 3.8) is 0 Å². The van der Waals surface area contributed by atoms with Crippen molar-refractivity contribution in [3.05, 3.63) is 35.5 Å². The molecule has 0 aromatic carbocycles. The third-order valence-corrected chi connectivity index (χ3v) is 2.31. The van der Waals surface area contributed by atoms with E-state index in [0.29, 0.717) is 5.92 Å². The highest BCUT2D eigenvalue weighted by atomic mass is 16.1. The zero-order valence-corrected chi connectivity index (χ0v) is 7.74. The van der Waals surface area contributed by atoms with Crippen molar-refractivity contribution in [2.45, 2.75) is 13.8 Å². The van der Waals surface area contributed by atoms with Gasteiger partial charge in [-0.3, -0.25) is 4.79 Å². The van der Waals surface area contributed by atoms with E-state index in [4.69, 9.17) is 0 Å². The van der Waals surface area contributed by atoms with Crippen LogP contribution in [0, 0.1) is 5.92 Å². The molecule has 0 aromatic heterocycles. The summed E-state index contributed by atoms with van der Waals surface area (Å²) >= 11 is 0. The van der Waals surface area contributed by atoms with Gasteiger partial charge in [0.25, 0.3) is 5.91 Å². The van der Waals surface area contributed by atoms with E-state index in [1.807, 2.05) is 25.2 Å². The largest absolute Gasteiger partial charge is 0.277 e. The monoisotopic (exact) mass is 173 g/mol. The van der Waals surface area contributed by atoms with Crippen LogP contribution >= 0.6 is 0 Å². The van der Waals surface area contributed by atoms with Crippen LogP contribution in [0.2, 0.25) is 0 Å². The van der Waals surface area contributed by atoms with E-state index in [1.54, 1.807) is 0 Å². The van der Waals surface area contributed by atoms with Crippen LogP contribution in [0.1, 0.15) is 13.8 Å². The Hall–Kier alpha value is -1.44. The van der Waals surface area contributed by atoms with Crippen LogP contribution < -0.4 is 0 Å². The van der Waals surface area contributed by atoms with Crippen molar-refractivity contribution in [1.29, 1.82) is 0 Å². The standard InChI is InChI=1S/C11H11NO/c1-7-3-5-9-8(2)12-11(13)10(9)6-4-7/h3-7H,1-2H3. The fourth-order valence-corrected chi connectivity index (χ4v) is 1.51. The first-order chi connectivity index (χ1) is 6.18. The van der Waals surface area contributed by atoms with E-state index < -0.39 is 0 Å². The Kier molecular flexibility index (Phi) is 1.76. The van der Waals surface area contributed by atoms with Gasteiger partial charge in [-0.05, 0) is 12.8 Å². The Morgan fingerprint density at radius 1 is 1.23 bits per heavy atom. The van der Waals surface area contributed by atoms with Crippen LogP contribution in [0.25, 0.3) is 0 Å². The van der Waals surface area contributed by atoms with Crippen LogP contribution in [0.4, 0.5) is 0 Å². The van der Waals surface area contributed by atoms with Gasteiger partial charge in [-0.25, -0.2) is 4.99 Å². The van der Waals surface area contributed by atoms with E-state index in [2.05, 4.69) is 18.0 Å². The predicted molar refractivity (Wildman–Crippen MR) is 52.6 cm³/mol.